The molecule has 2 amide bonds. The summed E-state index contributed by atoms with van der Waals surface area (Å²) in [5.41, 5.74) is 1.60. The summed E-state index contributed by atoms with van der Waals surface area (Å²) in [6.45, 7) is 3.45. The van der Waals surface area contributed by atoms with Gasteiger partial charge < -0.3 is 20.9 Å². The second-order valence-corrected chi connectivity index (χ2v) is 10.9. The van der Waals surface area contributed by atoms with E-state index in [1.807, 2.05) is 0 Å². The molecule has 0 spiro atoms. The fourth-order valence-corrected chi connectivity index (χ4v) is 5.39. The number of nitrogens with one attached hydrogen (secondary N) is 4. The first-order valence-electron chi connectivity index (χ1n) is 13.0. The molecule has 0 radical (unpaired) electrons. The number of H-pyrrole nitrogens is 1. The molecule has 1 aliphatic rings. The number of amides is 2. The number of aryl methyl sites for hydroxylation is 2. The third kappa shape index (κ3) is 5.55. The smallest absolute Gasteiger partial charge is 0.366 e. The van der Waals surface area contributed by atoms with E-state index < -0.39 is 17.6 Å². The monoisotopic (exact) mass is 591 g/mol. The molecule has 4 N–H and O–H groups in total. The van der Waals surface area contributed by atoms with Crippen LogP contribution in [0.1, 0.15) is 50.4 Å². The number of aromatic nitrogens is 4. The predicted octanol–water partition coefficient (Wildman–Crippen LogP) is 6.80. The highest BCUT2D eigenvalue weighted by Gasteiger charge is 2.35. The number of carbonyl (C=O) groups excluding carboxylic acids is 2. The molecule has 13 heteroatoms. The minimum absolute atomic E-state index is 0.0611. The predicted molar refractivity (Wildman–Crippen MR) is 155 cm³/mol. The number of fused-ring (bicyclic) bond motifs is 1. The van der Waals surface area contributed by atoms with Crippen LogP contribution in [-0.4, -0.2) is 37.8 Å². The van der Waals surface area contributed by atoms with Crippen LogP contribution in [0, 0.1) is 13.8 Å². The maximum Gasteiger partial charge on any atom is 0.417 e. The van der Waals surface area contributed by atoms with E-state index >= 15 is 0 Å². The molecule has 1 saturated carbocycles. The van der Waals surface area contributed by atoms with E-state index in [9.17, 15) is 22.8 Å². The fraction of sp³-hybridized carbons (Fsp3) is 0.207. The summed E-state index contributed by atoms with van der Waals surface area (Å²) in [7, 11) is 0. The first kappa shape index (κ1) is 27.4. The van der Waals surface area contributed by atoms with Gasteiger partial charge in [0.1, 0.15) is 18.0 Å². The van der Waals surface area contributed by atoms with Crippen LogP contribution in [0.15, 0.2) is 54.3 Å². The van der Waals surface area contributed by atoms with E-state index in [0.717, 1.165) is 29.2 Å². The lowest BCUT2D eigenvalue weighted by molar-refractivity contribution is -0.137. The number of thiophene rings is 1. The van der Waals surface area contributed by atoms with Gasteiger partial charge in [-0.2, -0.15) is 13.2 Å². The summed E-state index contributed by atoms with van der Waals surface area (Å²) in [6, 6.07) is 8.58. The van der Waals surface area contributed by atoms with Crippen molar-refractivity contribution in [3.63, 3.8) is 0 Å². The molecule has 3 heterocycles. The number of halogens is 3. The van der Waals surface area contributed by atoms with E-state index in [0.29, 0.717) is 40.0 Å². The Balaban J connectivity index is 1.22. The average molecular weight is 592 g/mol. The van der Waals surface area contributed by atoms with Gasteiger partial charge in [0.2, 0.25) is 0 Å². The number of nitrogens with zero attached hydrogens (tertiary/aromatic N) is 3. The van der Waals surface area contributed by atoms with Gasteiger partial charge in [-0.05, 0) is 62.6 Å². The normalized spacial score (nSPS) is 13.3. The van der Waals surface area contributed by atoms with Crippen molar-refractivity contribution in [2.75, 3.05) is 16.0 Å². The first-order valence-corrected chi connectivity index (χ1v) is 13.9. The zero-order chi connectivity index (χ0) is 29.6. The third-order valence-corrected chi connectivity index (χ3v) is 7.78. The summed E-state index contributed by atoms with van der Waals surface area (Å²) in [5, 5.41) is 10.6. The maximum absolute atomic E-state index is 13.9. The topological polar surface area (TPSA) is 125 Å². The molecule has 1 fully saturated rings. The summed E-state index contributed by atoms with van der Waals surface area (Å²) in [4.78, 5) is 41.7. The second-order valence-electron chi connectivity index (χ2n) is 10.1. The van der Waals surface area contributed by atoms with E-state index in [2.05, 4.69) is 35.9 Å². The Kier molecular flexibility index (Phi) is 6.89. The summed E-state index contributed by atoms with van der Waals surface area (Å²) < 4.78 is 42.5. The molecule has 214 valence electrons. The molecule has 3 aromatic heterocycles. The Morgan fingerprint density at radius 1 is 1.02 bits per heavy atom. The van der Waals surface area contributed by atoms with Gasteiger partial charge in [0.15, 0.2) is 0 Å². The Hall–Kier alpha value is -4.78. The average Bonchev–Trinajstić information content (AvgIpc) is 3.48. The molecule has 2 aromatic carbocycles. The van der Waals surface area contributed by atoms with Gasteiger partial charge >= 0.3 is 6.18 Å². The SMILES string of the molecule is Cc1c[nH]c(-c2ccc(C(=O)Nc3ccc(C)c(NC(=O)c4csc5c(NC6CC6)ncnc45)c3)cc2C(F)(F)F)n1. The van der Waals surface area contributed by atoms with Gasteiger partial charge in [-0.1, -0.05) is 6.07 Å². The molecule has 0 unspecified atom stereocenters. The molecule has 1 aliphatic carbocycles. The number of hydrogen-bond acceptors (Lipinski definition) is 7. The van der Waals surface area contributed by atoms with Gasteiger partial charge in [-0.25, -0.2) is 15.0 Å². The molecule has 0 atom stereocenters. The summed E-state index contributed by atoms with van der Waals surface area (Å²) in [5.74, 6) is -0.359. The van der Waals surface area contributed by atoms with Crippen molar-refractivity contribution in [3.05, 3.63) is 82.3 Å². The molecule has 0 aliphatic heterocycles. The van der Waals surface area contributed by atoms with Crippen LogP contribution in [-0.2, 0) is 6.18 Å². The second kappa shape index (κ2) is 10.6. The number of anilines is 3. The van der Waals surface area contributed by atoms with Crippen molar-refractivity contribution in [2.45, 2.75) is 38.9 Å². The van der Waals surface area contributed by atoms with Crippen molar-refractivity contribution in [1.29, 1.82) is 0 Å². The third-order valence-electron chi connectivity index (χ3n) is 6.81. The first-order chi connectivity index (χ1) is 20.1. The lowest BCUT2D eigenvalue weighted by Crippen LogP contribution is -2.16. The van der Waals surface area contributed by atoms with Crippen LogP contribution in [0.2, 0.25) is 0 Å². The van der Waals surface area contributed by atoms with Crippen molar-refractivity contribution >= 4 is 50.6 Å². The van der Waals surface area contributed by atoms with Gasteiger partial charge in [0.05, 0.1) is 27.0 Å². The lowest BCUT2D eigenvalue weighted by Gasteiger charge is -2.14. The Morgan fingerprint density at radius 2 is 1.83 bits per heavy atom. The Labute approximate surface area is 241 Å². The largest absolute Gasteiger partial charge is 0.417 e. The zero-order valence-corrected chi connectivity index (χ0v) is 23.2. The standard InChI is InChI=1S/C29H24F3N7O2S/c1-14-3-5-18(38-27(40)16-4-8-19(21(9-16)29(30,31)32)25-33-11-15(2)36-25)10-22(14)39-28(41)20-12-42-24-23(20)34-13-35-26(24)37-17-6-7-17/h3-5,8-13,17H,6-7H2,1-2H3,(H,33,36)(H,38,40)(H,39,41)(H,34,35,37). The lowest BCUT2D eigenvalue weighted by atomic mass is 10.0. The van der Waals surface area contributed by atoms with E-state index in [1.165, 1.54) is 36.0 Å². The van der Waals surface area contributed by atoms with Gasteiger partial charge in [0, 0.05) is 40.1 Å². The van der Waals surface area contributed by atoms with Crippen LogP contribution >= 0.6 is 11.3 Å². The highest BCUT2D eigenvalue weighted by atomic mass is 32.1. The Morgan fingerprint density at radius 3 is 2.55 bits per heavy atom. The van der Waals surface area contributed by atoms with E-state index in [-0.39, 0.29) is 22.9 Å². The molecule has 6 rings (SSSR count). The van der Waals surface area contributed by atoms with Gasteiger partial charge in [-0.3, -0.25) is 9.59 Å². The number of benzene rings is 2. The van der Waals surface area contributed by atoms with Crippen molar-refractivity contribution in [2.24, 2.45) is 0 Å². The number of alkyl halides is 3. The summed E-state index contributed by atoms with van der Waals surface area (Å²) in [6.07, 6.45) is 0.372. The summed E-state index contributed by atoms with van der Waals surface area (Å²) >= 11 is 1.37. The van der Waals surface area contributed by atoms with Crippen LogP contribution in [0.4, 0.5) is 30.4 Å². The Bertz CT molecular complexity index is 1840. The van der Waals surface area contributed by atoms with Crippen molar-refractivity contribution in [3.8, 4) is 11.4 Å². The number of imidazole rings is 1. The minimum atomic E-state index is -4.71. The molecule has 0 bridgehead atoms. The van der Waals surface area contributed by atoms with Crippen molar-refractivity contribution < 1.29 is 22.8 Å². The zero-order valence-electron chi connectivity index (χ0n) is 22.4. The quantitative estimate of drug-likeness (QED) is 0.165. The molecule has 0 saturated heterocycles. The number of aromatic amines is 1. The van der Waals surface area contributed by atoms with Crippen LogP contribution in [0.3, 0.4) is 0 Å². The van der Waals surface area contributed by atoms with Crippen LogP contribution in [0.5, 0.6) is 0 Å². The molecule has 9 nitrogen and oxygen atoms in total. The van der Waals surface area contributed by atoms with Crippen molar-refractivity contribution in [1.82, 2.24) is 19.9 Å². The number of carbonyl (C=O) groups is 2. The fourth-order valence-electron chi connectivity index (χ4n) is 4.44. The number of rotatable bonds is 7. The van der Waals surface area contributed by atoms with Crippen LogP contribution in [0.25, 0.3) is 21.6 Å². The van der Waals surface area contributed by atoms with E-state index in [4.69, 9.17) is 0 Å². The molecule has 42 heavy (non-hydrogen) atoms. The van der Waals surface area contributed by atoms with Gasteiger partial charge in [0.25, 0.3) is 11.8 Å². The van der Waals surface area contributed by atoms with E-state index in [1.54, 1.807) is 37.4 Å². The molecule has 5 aromatic rings. The number of hydrogen-bond donors (Lipinski definition) is 4. The molecular formula is C29H24F3N7O2S. The maximum atomic E-state index is 13.9. The minimum Gasteiger partial charge on any atom is -0.366 e. The van der Waals surface area contributed by atoms with Gasteiger partial charge in [-0.15, -0.1) is 11.3 Å². The highest BCUT2D eigenvalue weighted by molar-refractivity contribution is 7.18. The highest BCUT2D eigenvalue weighted by Crippen LogP contribution is 2.37. The van der Waals surface area contributed by atoms with Crippen LogP contribution < -0.4 is 16.0 Å². The molecular weight excluding hydrogens is 567 g/mol.